The Balaban J connectivity index is 1.68. The normalized spacial score (nSPS) is 11.8. The monoisotopic (exact) mass is 376 g/mol. The van der Waals surface area contributed by atoms with Gasteiger partial charge in [0.15, 0.2) is 5.82 Å². The number of nitrogens with zero attached hydrogens (tertiary/aromatic N) is 2. The number of hydrogen-bond donors (Lipinski definition) is 2. The topological polar surface area (TPSA) is 87.7 Å². The minimum Gasteiger partial charge on any atom is -0.353 e. The highest BCUT2D eigenvalue weighted by Gasteiger charge is 2.16. The molecule has 1 aromatic carbocycles. The number of amides is 1. The number of H-pyrrole nitrogens is 1. The maximum Gasteiger partial charge on any atom is 0.255 e. The number of carbonyl (C=O) groups excluding carboxylic acids is 1. The molecule has 0 fully saturated rings. The highest BCUT2D eigenvalue weighted by molar-refractivity contribution is 5.79. The number of aromatic amines is 1. The van der Waals surface area contributed by atoms with Crippen LogP contribution in [-0.2, 0) is 17.6 Å². The van der Waals surface area contributed by atoms with Gasteiger partial charge in [0.2, 0.25) is 5.91 Å². The van der Waals surface area contributed by atoms with Gasteiger partial charge in [-0.25, -0.2) is 4.98 Å². The Morgan fingerprint density at radius 2 is 1.89 bits per heavy atom. The van der Waals surface area contributed by atoms with E-state index in [9.17, 15) is 9.59 Å². The summed E-state index contributed by atoms with van der Waals surface area (Å²) in [6.45, 7) is 5.76. The summed E-state index contributed by atoms with van der Waals surface area (Å²) in [6.07, 6.45) is 2.38. The molecule has 0 spiro atoms. The predicted octanol–water partition coefficient (Wildman–Crippen LogP) is 2.74. The molecule has 0 saturated heterocycles. The van der Waals surface area contributed by atoms with Crippen molar-refractivity contribution in [2.45, 2.75) is 39.7 Å². The van der Waals surface area contributed by atoms with E-state index in [2.05, 4.69) is 39.3 Å². The minimum atomic E-state index is -0.310. The number of aromatic nitrogens is 3. The third-order valence-corrected chi connectivity index (χ3v) is 4.66. The van der Waals surface area contributed by atoms with Crippen molar-refractivity contribution < 1.29 is 4.79 Å². The summed E-state index contributed by atoms with van der Waals surface area (Å²) in [5.74, 6) is 0.210. The van der Waals surface area contributed by atoms with Crippen LogP contribution >= 0.6 is 0 Å². The molecule has 3 aromatic rings. The molecule has 144 valence electrons. The quantitative estimate of drug-likeness (QED) is 0.692. The zero-order chi connectivity index (χ0) is 20.1. The molecule has 0 radical (unpaired) electrons. The Labute approximate surface area is 164 Å². The van der Waals surface area contributed by atoms with Gasteiger partial charge in [-0.2, -0.15) is 0 Å². The van der Waals surface area contributed by atoms with Gasteiger partial charge >= 0.3 is 0 Å². The minimum absolute atomic E-state index is 0.00518. The van der Waals surface area contributed by atoms with Crippen molar-refractivity contribution >= 4 is 5.91 Å². The fraction of sp³-hybridized carbons (Fsp3) is 0.273. The van der Waals surface area contributed by atoms with Crippen LogP contribution in [0.5, 0.6) is 0 Å². The average Bonchev–Trinajstić information content (AvgIpc) is 2.67. The van der Waals surface area contributed by atoms with Gasteiger partial charge in [-0.3, -0.25) is 14.6 Å². The smallest absolute Gasteiger partial charge is 0.255 e. The Morgan fingerprint density at radius 1 is 1.14 bits per heavy atom. The number of carbonyl (C=O) groups is 1. The van der Waals surface area contributed by atoms with Crippen molar-refractivity contribution in [3.05, 3.63) is 81.4 Å². The van der Waals surface area contributed by atoms with E-state index in [0.717, 1.165) is 6.42 Å². The van der Waals surface area contributed by atoms with Crippen molar-refractivity contribution in [2.75, 3.05) is 0 Å². The lowest BCUT2D eigenvalue weighted by molar-refractivity contribution is -0.121. The number of benzene rings is 1. The van der Waals surface area contributed by atoms with Gasteiger partial charge in [0.25, 0.3) is 5.56 Å². The summed E-state index contributed by atoms with van der Waals surface area (Å²) in [4.78, 5) is 36.3. The van der Waals surface area contributed by atoms with E-state index in [1.165, 1.54) is 11.1 Å². The van der Waals surface area contributed by atoms with E-state index in [0.29, 0.717) is 22.8 Å². The molecule has 0 unspecified atom stereocenters. The van der Waals surface area contributed by atoms with Crippen LogP contribution in [0.25, 0.3) is 11.5 Å². The maximum absolute atomic E-state index is 12.5. The van der Waals surface area contributed by atoms with Crippen LogP contribution in [0, 0.1) is 13.8 Å². The summed E-state index contributed by atoms with van der Waals surface area (Å²) >= 11 is 0. The Kier molecular flexibility index (Phi) is 5.99. The first-order valence-corrected chi connectivity index (χ1v) is 9.29. The van der Waals surface area contributed by atoms with Crippen molar-refractivity contribution in [1.29, 1.82) is 0 Å². The largest absolute Gasteiger partial charge is 0.353 e. The number of nitrogens with one attached hydrogen (secondary N) is 2. The van der Waals surface area contributed by atoms with Gasteiger partial charge in [-0.05, 0) is 50.5 Å². The molecule has 2 aromatic heterocycles. The summed E-state index contributed by atoms with van der Waals surface area (Å²) < 4.78 is 0. The molecule has 1 atom stereocenters. The summed E-state index contributed by atoms with van der Waals surface area (Å²) in [5.41, 5.74) is 3.59. The third kappa shape index (κ3) is 4.71. The lowest BCUT2D eigenvalue weighted by Gasteiger charge is -2.15. The first kappa shape index (κ1) is 19.5. The molecule has 0 aliphatic rings. The Morgan fingerprint density at radius 3 is 2.57 bits per heavy atom. The van der Waals surface area contributed by atoms with E-state index in [4.69, 9.17) is 0 Å². The van der Waals surface area contributed by atoms with E-state index in [1.807, 2.05) is 25.1 Å². The first-order chi connectivity index (χ1) is 13.4. The van der Waals surface area contributed by atoms with Crippen molar-refractivity contribution in [1.82, 2.24) is 20.3 Å². The first-order valence-electron chi connectivity index (χ1n) is 9.29. The van der Waals surface area contributed by atoms with Gasteiger partial charge in [0.1, 0.15) is 5.69 Å². The molecule has 6 nitrogen and oxygen atoms in total. The standard InChI is InChI=1S/C22H24N4O2/c1-14-8-4-5-9-17(14)12-15(2)24-20(27)13-18-16(3)25-21(26-22(18)28)19-10-6-7-11-23-19/h4-11,15H,12-13H2,1-3H3,(H,24,27)(H,25,26,28)/t15-/m0/s1. The van der Waals surface area contributed by atoms with E-state index in [1.54, 1.807) is 25.3 Å². The van der Waals surface area contributed by atoms with Crippen LogP contribution in [0.2, 0.25) is 0 Å². The van der Waals surface area contributed by atoms with E-state index < -0.39 is 0 Å². The van der Waals surface area contributed by atoms with Crippen LogP contribution in [0.1, 0.15) is 29.3 Å². The summed E-state index contributed by atoms with van der Waals surface area (Å²) in [7, 11) is 0. The van der Waals surface area contributed by atoms with E-state index in [-0.39, 0.29) is 23.9 Å². The summed E-state index contributed by atoms with van der Waals surface area (Å²) in [6, 6.07) is 13.5. The molecule has 3 rings (SSSR count). The van der Waals surface area contributed by atoms with Crippen LogP contribution in [0.4, 0.5) is 0 Å². The van der Waals surface area contributed by atoms with Gasteiger partial charge in [0, 0.05) is 23.5 Å². The van der Waals surface area contributed by atoms with E-state index >= 15 is 0 Å². The van der Waals surface area contributed by atoms with Gasteiger partial charge in [-0.1, -0.05) is 30.3 Å². The van der Waals surface area contributed by atoms with Gasteiger partial charge < -0.3 is 10.3 Å². The third-order valence-electron chi connectivity index (χ3n) is 4.66. The van der Waals surface area contributed by atoms with Crippen LogP contribution < -0.4 is 10.9 Å². The fourth-order valence-corrected chi connectivity index (χ4v) is 3.15. The molecule has 2 N–H and O–H groups in total. The number of aryl methyl sites for hydroxylation is 2. The molecule has 0 bridgehead atoms. The van der Waals surface area contributed by atoms with Crippen molar-refractivity contribution in [3.63, 3.8) is 0 Å². The second kappa shape index (κ2) is 8.61. The Hall–Kier alpha value is -3.28. The molecular formula is C22H24N4O2. The van der Waals surface area contributed by atoms with Gasteiger partial charge in [-0.15, -0.1) is 0 Å². The lowest BCUT2D eigenvalue weighted by atomic mass is 10.0. The van der Waals surface area contributed by atoms with Crippen LogP contribution in [-0.4, -0.2) is 26.9 Å². The SMILES string of the molecule is Cc1ccccc1C[C@H](C)NC(=O)Cc1c(C)nc(-c2ccccn2)[nH]c1=O. The molecule has 0 aliphatic carbocycles. The Bertz CT molecular complexity index is 1030. The molecule has 28 heavy (non-hydrogen) atoms. The maximum atomic E-state index is 12.5. The predicted molar refractivity (Wildman–Crippen MR) is 109 cm³/mol. The molecule has 1 amide bonds. The van der Waals surface area contributed by atoms with Gasteiger partial charge in [0.05, 0.1) is 6.42 Å². The molecule has 0 aliphatic heterocycles. The molecular weight excluding hydrogens is 352 g/mol. The zero-order valence-electron chi connectivity index (χ0n) is 16.3. The molecule has 0 saturated carbocycles. The number of rotatable bonds is 6. The second-order valence-electron chi connectivity index (χ2n) is 6.97. The highest BCUT2D eigenvalue weighted by Crippen LogP contribution is 2.12. The lowest BCUT2D eigenvalue weighted by Crippen LogP contribution is -2.36. The highest BCUT2D eigenvalue weighted by atomic mass is 16.2. The van der Waals surface area contributed by atoms with Crippen LogP contribution in [0.3, 0.4) is 0 Å². The zero-order valence-corrected chi connectivity index (χ0v) is 16.3. The van der Waals surface area contributed by atoms with Crippen LogP contribution in [0.15, 0.2) is 53.5 Å². The second-order valence-corrected chi connectivity index (χ2v) is 6.97. The number of hydrogen-bond acceptors (Lipinski definition) is 4. The summed E-state index contributed by atoms with van der Waals surface area (Å²) in [5, 5.41) is 2.97. The molecule has 6 heteroatoms. The molecule has 2 heterocycles. The fourth-order valence-electron chi connectivity index (χ4n) is 3.15. The average molecular weight is 376 g/mol. The van der Waals surface area contributed by atoms with Crippen molar-refractivity contribution in [2.24, 2.45) is 0 Å². The van der Waals surface area contributed by atoms with Crippen molar-refractivity contribution in [3.8, 4) is 11.5 Å². The number of pyridine rings is 1.